The molecule has 4 heteroatoms. The lowest BCUT2D eigenvalue weighted by atomic mass is 10.1. The summed E-state index contributed by atoms with van der Waals surface area (Å²) in [6.45, 7) is 10.6. The van der Waals surface area contributed by atoms with E-state index in [2.05, 4.69) is 62.0 Å². The van der Waals surface area contributed by atoms with Crippen molar-refractivity contribution in [1.29, 1.82) is 0 Å². The van der Waals surface area contributed by atoms with Crippen LogP contribution in [0.5, 0.6) is 0 Å². The summed E-state index contributed by atoms with van der Waals surface area (Å²) in [4.78, 5) is 11.5. The Morgan fingerprint density at radius 3 is 2.15 bits per heavy atom. The van der Waals surface area contributed by atoms with E-state index >= 15 is 0 Å². The highest BCUT2D eigenvalue weighted by Gasteiger charge is 2.08. The van der Waals surface area contributed by atoms with Gasteiger partial charge in [0.1, 0.15) is 5.82 Å². The van der Waals surface area contributed by atoms with Crippen molar-refractivity contribution in [2.45, 2.75) is 53.0 Å². The number of nitrogens with one attached hydrogen (secondary N) is 1. The molecule has 114 valence electrons. The zero-order valence-corrected chi connectivity index (χ0v) is 14.0. The minimum Gasteiger partial charge on any atom is -0.315 e. The molecule has 0 spiro atoms. The highest BCUT2D eigenvalue weighted by Crippen LogP contribution is 2.13. The van der Waals surface area contributed by atoms with Crippen LogP contribution in [0.15, 0.2) is 0 Å². The Hall–Kier alpha value is -1.00. The van der Waals surface area contributed by atoms with Gasteiger partial charge in [0, 0.05) is 30.4 Å². The zero-order valence-electron chi connectivity index (χ0n) is 14.0. The summed E-state index contributed by atoms with van der Waals surface area (Å²) >= 11 is 0. The quantitative estimate of drug-likeness (QED) is 0.740. The first-order chi connectivity index (χ1) is 9.40. The van der Waals surface area contributed by atoms with Gasteiger partial charge in [0.25, 0.3) is 0 Å². The molecule has 1 N–H and O–H groups in total. The summed E-state index contributed by atoms with van der Waals surface area (Å²) in [5, 5.41) is 3.45. The predicted octanol–water partition coefficient (Wildman–Crippen LogP) is 2.13. The lowest BCUT2D eigenvalue weighted by molar-refractivity contribution is 0.409. The number of aryl methyl sites for hydroxylation is 2. The molecule has 1 rings (SSSR count). The van der Waals surface area contributed by atoms with Crippen LogP contribution in [0.3, 0.4) is 0 Å². The van der Waals surface area contributed by atoms with Crippen molar-refractivity contribution in [3.05, 3.63) is 22.8 Å². The van der Waals surface area contributed by atoms with Crippen LogP contribution in [0.4, 0.5) is 0 Å². The van der Waals surface area contributed by atoms with Gasteiger partial charge in [-0.1, -0.05) is 13.8 Å². The van der Waals surface area contributed by atoms with Gasteiger partial charge in [0.2, 0.25) is 0 Å². The summed E-state index contributed by atoms with van der Waals surface area (Å²) in [6.07, 6.45) is 3.12. The van der Waals surface area contributed by atoms with Gasteiger partial charge >= 0.3 is 0 Å². The summed E-state index contributed by atoms with van der Waals surface area (Å²) in [7, 11) is 4.16. The van der Waals surface area contributed by atoms with E-state index in [0.717, 1.165) is 49.6 Å². The molecule has 0 aliphatic carbocycles. The Morgan fingerprint density at radius 2 is 1.65 bits per heavy atom. The van der Waals surface area contributed by atoms with E-state index in [-0.39, 0.29) is 0 Å². The van der Waals surface area contributed by atoms with Crippen LogP contribution < -0.4 is 5.32 Å². The number of hydrogen-bond acceptors (Lipinski definition) is 4. The molecule has 0 amide bonds. The van der Waals surface area contributed by atoms with Crippen molar-refractivity contribution in [2.75, 3.05) is 27.2 Å². The van der Waals surface area contributed by atoms with Gasteiger partial charge in [-0.3, -0.25) is 0 Å². The first kappa shape index (κ1) is 17.1. The van der Waals surface area contributed by atoms with E-state index in [1.165, 1.54) is 5.56 Å². The van der Waals surface area contributed by atoms with Gasteiger partial charge in [-0.05, 0) is 52.9 Å². The summed E-state index contributed by atoms with van der Waals surface area (Å²) in [5.41, 5.74) is 3.62. The minimum atomic E-state index is 0.557. The van der Waals surface area contributed by atoms with Crippen LogP contribution in [0.2, 0.25) is 0 Å². The minimum absolute atomic E-state index is 0.557. The van der Waals surface area contributed by atoms with Crippen molar-refractivity contribution in [3.8, 4) is 0 Å². The molecule has 0 unspecified atom stereocenters. The smallest absolute Gasteiger partial charge is 0.130 e. The Bertz CT molecular complexity index is 390. The maximum atomic E-state index is 4.66. The molecule has 0 saturated carbocycles. The van der Waals surface area contributed by atoms with Crippen molar-refractivity contribution >= 4 is 0 Å². The molecular formula is C16H30N4. The van der Waals surface area contributed by atoms with E-state index in [0.29, 0.717) is 6.04 Å². The number of likely N-dealkylation sites (N-methyl/N-ethyl adjacent to an activating group) is 1. The Balaban J connectivity index is 2.59. The molecule has 20 heavy (non-hydrogen) atoms. The molecule has 1 aromatic heterocycles. The van der Waals surface area contributed by atoms with E-state index in [4.69, 9.17) is 0 Å². The molecule has 1 aromatic rings. The third kappa shape index (κ3) is 5.97. The Labute approximate surface area is 124 Å². The maximum absolute atomic E-state index is 4.66. The fourth-order valence-electron chi connectivity index (χ4n) is 2.26. The van der Waals surface area contributed by atoms with Gasteiger partial charge < -0.3 is 10.2 Å². The van der Waals surface area contributed by atoms with E-state index in [1.807, 2.05) is 0 Å². The molecule has 0 atom stereocenters. The van der Waals surface area contributed by atoms with Gasteiger partial charge in [-0.2, -0.15) is 0 Å². The lowest BCUT2D eigenvalue weighted by Gasteiger charge is -2.13. The monoisotopic (exact) mass is 278 g/mol. The predicted molar refractivity (Wildman–Crippen MR) is 85.2 cm³/mol. The van der Waals surface area contributed by atoms with Gasteiger partial charge in [-0.25, -0.2) is 9.97 Å². The van der Waals surface area contributed by atoms with Crippen LogP contribution in [0.1, 0.15) is 43.0 Å². The van der Waals surface area contributed by atoms with Crippen LogP contribution in [0.25, 0.3) is 0 Å². The van der Waals surface area contributed by atoms with Crippen molar-refractivity contribution in [2.24, 2.45) is 0 Å². The van der Waals surface area contributed by atoms with Gasteiger partial charge in [-0.15, -0.1) is 0 Å². The number of hydrogen-bond donors (Lipinski definition) is 1. The fourth-order valence-corrected chi connectivity index (χ4v) is 2.26. The molecule has 1 heterocycles. The van der Waals surface area contributed by atoms with Crippen LogP contribution >= 0.6 is 0 Å². The van der Waals surface area contributed by atoms with Crippen LogP contribution in [-0.2, 0) is 12.8 Å². The summed E-state index contributed by atoms with van der Waals surface area (Å²) in [5.74, 6) is 0.970. The number of aromatic nitrogens is 2. The normalized spacial score (nSPS) is 11.6. The van der Waals surface area contributed by atoms with Crippen molar-refractivity contribution in [3.63, 3.8) is 0 Å². The maximum Gasteiger partial charge on any atom is 0.130 e. The van der Waals surface area contributed by atoms with Gasteiger partial charge in [0.05, 0.1) is 0 Å². The molecule has 0 bridgehead atoms. The lowest BCUT2D eigenvalue weighted by Crippen LogP contribution is -2.24. The summed E-state index contributed by atoms with van der Waals surface area (Å²) < 4.78 is 0. The molecule has 0 aliphatic heterocycles. The van der Waals surface area contributed by atoms with E-state index < -0.39 is 0 Å². The molecule has 0 radical (unpaired) electrons. The molecule has 0 saturated heterocycles. The van der Waals surface area contributed by atoms with Crippen molar-refractivity contribution in [1.82, 2.24) is 20.2 Å². The van der Waals surface area contributed by atoms with Gasteiger partial charge in [0.15, 0.2) is 0 Å². The summed E-state index contributed by atoms with van der Waals surface area (Å²) in [6, 6.07) is 0.557. The van der Waals surface area contributed by atoms with Crippen LogP contribution in [0, 0.1) is 13.8 Å². The third-order valence-electron chi connectivity index (χ3n) is 3.41. The largest absolute Gasteiger partial charge is 0.315 e. The Kier molecular flexibility index (Phi) is 7.10. The second-order valence-corrected chi connectivity index (χ2v) is 6.05. The zero-order chi connectivity index (χ0) is 15.1. The second-order valence-electron chi connectivity index (χ2n) is 6.05. The molecule has 4 nitrogen and oxygen atoms in total. The highest BCUT2D eigenvalue weighted by molar-refractivity contribution is 5.24. The first-order valence-electron chi connectivity index (χ1n) is 7.61. The highest BCUT2D eigenvalue weighted by atomic mass is 15.1. The third-order valence-corrected chi connectivity index (χ3v) is 3.41. The topological polar surface area (TPSA) is 41.1 Å². The number of rotatable bonds is 8. The standard InChI is InChI=1S/C16H30N4/c1-12(2)17-10-7-8-15-13(3)18-16(19-14(15)4)9-11-20(5)6/h12,17H,7-11H2,1-6H3. The molecule has 0 aliphatic rings. The SMILES string of the molecule is Cc1nc(CCN(C)C)nc(C)c1CCCNC(C)C. The first-order valence-corrected chi connectivity index (χ1v) is 7.61. The fraction of sp³-hybridized carbons (Fsp3) is 0.750. The van der Waals surface area contributed by atoms with Crippen molar-refractivity contribution < 1.29 is 0 Å². The average molecular weight is 278 g/mol. The number of nitrogens with zero attached hydrogens (tertiary/aromatic N) is 3. The second kappa shape index (κ2) is 8.32. The van der Waals surface area contributed by atoms with E-state index in [9.17, 15) is 0 Å². The van der Waals surface area contributed by atoms with Crippen LogP contribution in [-0.4, -0.2) is 48.1 Å². The van der Waals surface area contributed by atoms with E-state index in [1.54, 1.807) is 0 Å². The molecular weight excluding hydrogens is 248 g/mol. The average Bonchev–Trinajstić information content (AvgIpc) is 2.34. The molecule has 0 fully saturated rings. The molecule has 0 aromatic carbocycles. The Morgan fingerprint density at radius 1 is 1.05 bits per heavy atom.